The van der Waals surface area contributed by atoms with Gasteiger partial charge < -0.3 is 10.6 Å². The highest BCUT2D eigenvalue weighted by Gasteiger charge is 2.11. The predicted octanol–water partition coefficient (Wildman–Crippen LogP) is 3.69. The van der Waals surface area contributed by atoms with Gasteiger partial charge in [-0.05, 0) is 37.3 Å². The molecule has 2 heterocycles. The molecule has 2 amide bonds. The van der Waals surface area contributed by atoms with E-state index >= 15 is 0 Å². The number of nitrogens with zero attached hydrogens (tertiary/aromatic N) is 1. The summed E-state index contributed by atoms with van der Waals surface area (Å²) in [6.07, 6.45) is 0. The molecule has 1 aromatic carbocycles. The van der Waals surface area contributed by atoms with Crippen LogP contribution in [0.15, 0.2) is 41.8 Å². The molecule has 2 aromatic heterocycles. The lowest BCUT2D eigenvalue weighted by Gasteiger charge is -2.05. The second kappa shape index (κ2) is 7.54. The van der Waals surface area contributed by atoms with E-state index in [4.69, 9.17) is 0 Å². The zero-order valence-electron chi connectivity index (χ0n) is 13.2. The molecule has 0 bridgehead atoms. The molecule has 0 radical (unpaired) electrons. The third-order valence-corrected chi connectivity index (χ3v) is 5.02. The van der Waals surface area contributed by atoms with Gasteiger partial charge in [-0.1, -0.05) is 6.07 Å². The Morgan fingerprint density at radius 3 is 2.80 bits per heavy atom. The van der Waals surface area contributed by atoms with Gasteiger partial charge in [0.15, 0.2) is 5.13 Å². The molecular weight excluding hydrogens is 361 g/mol. The first-order valence-corrected chi connectivity index (χ1v) is 9.07. The van der Waals surface area contributed by atoms with Gasteiger partial charge in [-0.15, -0.1) is 22.7 Å². The highest BCUT2D eigenvalue weighted by Crippen LogP contribution is 2.30. The fraction of sp³-hybridized carbons (Fsp3) is 0.118. The highest BCUT2D eigenvalue weighted by molar-refractivity contribution is 7.17. The molecule has 5 nitrogen and oxygen atoms in total. The van der Waals surface area contributed by atoms with E-state index < -0.39 is 17.6 Å². The quantitative estimate of drug-likeness (QED) is 0.714. The fourth-order valence-electron chi connectivity index (χ4n) is 2.07. The van der Waals surface area contributed by atoms with E-state index in [1.54, 1.807) is 11.3 Å². The van der Waals surface area contributed by atoms with Crippen molar-refractivity contribution in [2.75, 3.05) is 11.9 Å². The van der Waals surface area contributed by atoms with Crippen molar-refractivity contribution in [1.29, 1.82) is 0 Å². The molecule has 0 aliphatic rings. The number of hydrogen-bond donors (Lipinski definition) is 2. The summed E-state index contributed by atoms with van der Waals surface area (Å²) in [5.41, 5.74) is 0.972. The molecule has 0 saturated heterocycles. The van der Waals surface area contributed by atoms with Gasteiger partial charge in [0.25, 0.3) is 5.91 Å². The lowest BCUT2D eigenvalue weighted by atomic mass is 10.2. The number of thiophene rings is 1. The third kappa shape index (κ3) is 4.49. The lowest BCUT2D eigenvalue weighted by Crippen LogP contribution is -2.32. The van der Waals surface area contributed by atoms with Gasteiger partial charge in [-0.25, -0.2) is 9.37 Å². The molecule has 128 valence electrons. The topological polar surface area (TPSA) is 71.1 Å². The SMILES string of the molecule is Cc1ccc(-c2csc(NC(=O)CNC(=O)c3cccc(F)c3)n2)s1. The standard InChI is InChI=1S/C17H14FN3O2S2/c1-10-5-6-14(25-10)13-9-24-17(20-13)21-15(22)8-19-16(23)11-3-2-4-12(18)7-11/h2-7,9H,8H2,1H3,(H,19,23)(H,20,21,22). The van der Waals surface area contributed by atoms with Crippen LogP contribution in [-0.2, 0) is 4.79 Å². The second-order valence-electron chi connectivity index (χ2n) is 5.19. The van der Waals surface area contributed by atoms with Crippen LogP contribution in [0.3, 0.4) is 0 Å². The van der Waals surface area contributed by atoms with Crippen LogP contribution in [0.1, 0.15) is 15.2 Å². The van der Waals surface area contributed by atoms with Crippen molar-refractivity contribution >= 4 is 39.6 Å². The highest BCUT2D eigenvalue weighted by atomic mass is 32.1. The number of benzene rings is 1. The number of carbonyl (C=O) groups excluding carboxylic acids is 2. The average Bonchev–Trinajstić information content (AvgIpc) is 3.21. The zero-order chi connectivity index (χ0) is 17.8. The Hall–Kier alpha value is -2.58. The van der Waals surface area contributed by atoms with Gasteiger partial charge in [0.1, 0.15) is 5.82 Å². The fourth-order valence-corrected chi connectivity index (χ4v) is 3.70. The molecular formula is C17H14FN3O2S2. The first-order valence-electron chi connectivity index (χ1n) is 7.37. The Bertz CT molecular complexity index is 920. The lowest BCUT2D eigenvalue weighted by molar-refractivity contribution is -0.115. The van der Waals surface area contributed by atoms with Crippen molar-refractivity contribution in [3.05, 3.63) is 58.0 Å². The maximum atomic E-state index is 13.1. The van der Waals surface area contributed by atoms with E-state index in [2.05, 4.69) is 15.6 Å². The monoisotopic (exact) mass is 375 g/mol. The molecule has 3 aromatic rings. The minimum Gasteiger partial charge on any atom is -0.343 e. The van der Waals surface area contributed by atoms with Crippen molar-refractivity contribution in [2.45, 2.75) is 6.92 Å². The Labute approximate surface area is 151 Å². The molecule has 0 aliphatic heterocycles. The second-order valence-corrected chi connectivity index (χ2v) is 7.34. The number of nitrogens with one attached hydrogen (secondary N) is 2. The number of rotatable bonds is 5. The minimum atomic E-state index is -0.511. The zero-order valence-corrected chi connectivity index (χ0v) is 14.8. The number of hydrogen-bond acceptors (Lipinski definition) is 5. The third-order valence-electron chi connectivity index (χ3n) is 3.24. The number of aryl methyl sites for hydroxylation is 1. The summed E-state index contributed by atoms with van der Waals surface area (Å²) in [4.78, 5) is 30.4. The summed E-state index contributed by atoms with van der Waals surface area (Å²) in [5, 5.41) is 7.42. The first kappa shape index (κ1) is 17.2. The number of amides is 2. The molecule has 0 aliphatic carbocycles. The summed E-state index contributed by atoms with van der Waals surface area (Å²) in [6.45, 7) is 1.80. The Morgan fingerprint density at radius 2 is 2.08 bits per heavy atom. The van der Waals surface area contributed by atoms with Crippen LogP contribution in [0.25, 0.3) is 10.6 Å². The smallest absolute Gasteiger partial charge is 0.251 e. The molecule has 3 rings (SSSR count). The van der Waals surface area contributed by atoms with Crippen molar-refractivity contribution < 1.29 is 14.0 Å². The number of thiazole rings is 1. The number of anilines is 1. The van der Waals surface area contributed by atoms with Crippen LogP contribution < -0.4 is 10.6 Å². The Balaban J connectivity index is 1.54. The van der Waals surface area contributed by atoms with Crippen molar-refractivity contribution in [3.8, 4) is 10.6 Å². The Morgan fingerprint density at radius 1 is 1.24 bits per heavy atom. The van der Waals surface area contributed by atoms with E-state index in [1.807, 2.05) is 24.4 Å². The maximum absolute atomic E-state index is 13.1. The molecule has 2 N–H and O–H groups in total. The van der Waals surface area contributed by atoms with E-state index in [0.29, 0.717) is 5.13 Å². The summed E-state index contributed by atoms with van der Waals surface area (Å²) in [6, 6.07) is 9.28. The molecule has 0 saturated carbocycles. The van der Waals surface area contributed by atoms with Crippen LogP contribution in [0.5, 0.6) is 0 Å². The average molecular weight is 375 g/mol. The molecule has 0 atom stereocenters. The van der Waals surface area contributed by atoms with E-state index in [9.17, 15) is 14.0 Å². The van der Waals surface area contributed by atoms with E-state index in [1.165, 1.54) is 34.4 Å². The van der Waals surface area contributed by atoms with Crippen molar-refractivity contribution in [2.24, 2.45) is 0 Å². The summed E-state index contributed by atoms with van der Waals surface area (Å²) < 4.78 is 13.1. The van der Waals surface area contributed by atoms with Crippen molar-refractivity contribution in [3.63, 3.8) is 0 Å². The molecule has 0 spiro atoms. The van der Waals surface area contributed by atoms with Crippen LogP contribution in [-0.4, -0.2) is 23.3 Å². The largest absolute Gasteiger partial charge is 0.343 e. The summed E-state index contributed by atoms with van der Waals surface area (Å²) >= 11 is 2.95. The molecule has 25 heavy (non-hydrogen) atoms. The van der Waals surface area contributed by atoms with E-state index in [0.717, 1.165) is 16.6 Å². The summed E-state index contributed by atoms with van der Waals surface area (Å²) in [5.74, 6) is -1.41. The summed E-state index contributed by atoms with van der Waals surface area (Å²) in [7, 11) is 0. The van der Waals surface area contributed by atoms with Gasteiger partial charge in [0, 0.05) is 15.8 Å². The Kier molecular flexibility index (Phi) is 5.20. The predicted molar refractivity (Wildman–Crippen MR) is 97.5 cm³/mol. The van der Waals surface area contributed by atoms with Gasteiger partial charge in [0.05, 0.1) is 17.1 Å². The normalized spacial score (nSPS) is 10.5. The minimum absolute atomic E-state index is 0.164. The van der Waals surface area contributed by atoms with Crippen LogP contribution in [0.2, 0.25) is 0 Å². The van der Waals surface area contributed by atoms with Crippen LogP contribution >= 0.6 is 22.7 Å². The van der Waals surface area contributed by atoms with Gasteiger partial charge in [-0.3, -0.25) is 9.59 Å². The van der Waals surface area contributed by atoms with Gasteiger partial charge >= 0.3 is 0 Å². The van der Waals surface area contributed by atoms with Crippen molar-refractivity contribution in [1.82, 2.24) is 10.3 Å². The molecule has 0 fully saturated rings. The van der Waals surface area contributed by atoms with Gasteiger partial charge in [0.2, 0.25) is 5.91 Å². The van der Waals surface area contributed by atoms with E-state index in [-0.39, 0.29) is 12.1 Å². The first-order chi connectivity index (χ1) is 12.0. The number of carbonyl (C=O) groups is 2. The van der Waals surface area contributed by atoms with Crippen LogP contribution in [0, 0.1) is 12.7 Å². The number of aromatic nitrogens is 1. The molecule has 8 heteroatoms. The maximum Gasteiger partial charge on any atom is 0.251 e. The number of halogens is 1. The van der Waals surface area contributed by atoms with Crippen LogP contribution in [0.4, 0.5) is 9.52 Å². The van der Waals surface area contributed by atoms with Gasteiger partial charge in [-0.2, -0.15) is 0 Å². The molecule has 0 unspecified atom stereocenters.